The van der Waals surface area contributed by atoms with E-state index in [1.54, 1.807) is 6.20 Å². The molecular formula is C20H22N4S. The summed E-state index contributed by atoms with van der Waals surface area (Å²) in [5, 5.41) is 11.4. The minimum Gasteiger partial charge on any atom is -0.332 e. The Morgan fingerprint density at radius 2 is 1.72 bits per heavy atom. The van der Waals surface area contributed by atoms with Crippen molar-refractivity contribution in [3.63, 3.8) is 0 Å². The summed E-state index contributed by atoms with van der Waals surface area (Å²) in [6.07, 6.45) is 3.74. The molecule has 128 valence electrons. The molecule has 0 fully saturated rings. The number of benzene rings is 2. The Hall–Kier alpha value is -2.66. The Morgan fingerprint density at radius 1 is 1.00 bits per heavy atom. The quantitative estimate of drug-likeness (QED) is 0.671. The molecule has 0 saturated carbocycles. The lowest BCUT2D eigenvalue weighted by Crippen LogP contribution is -2.19. The summed E-state index contributed by atoms with van der Waals surface area (Å²) in [5.41, 5.74) is 6.76. The molecule has 0 bridgehead atoms. The SMILES string of the molecule is Cc1ccc(Cn2cc(NC(=S)Nc3ccc(C)cc3C)cn2)cc1. The van der Waals surface area contributed by atoms with E-state index < -0.39 is 0 Å². The summed E-state index contributed by atoms with van der Waals surface area (Å²) in [7, 11) is 0. The third-order valence-electron chi connectivity index (χ3n) is 3.99. The van der Waals surface area contributed by atoms with Crippen molar-refractivity contribution in [3.05, 3.63) is 77.1 Å². The molecule has 2 aromatic carbocycles. The van der Waals surface area contributed by atoms with Gasteiger partial charge in [0.1, 0.15) is 0 Å². The van der Waals surface area contributed by atoms with Crippen molar-refractivity contribution in [1.82, 2.24) is 9.78 Å². The first-order valence-electron chi connectivity index (χ1n) is 8.23. The van der Waals surface area contributed by atoms with E-state index in [1.165, 1.54) is 22.3 Å². The molecule has 0 radical (unpaired) electrons. The first-order chi connectivity index (χ1) is 12.0. The van der Waals surface area contributed by atoms with E-state index in [9.17, 15) is 0 Å². The summed E-state index contributed by atoms with van der Waals surface area (Å²) in [6.45, 7) is 6.97. The zero-order chi connectivity index (χ0) is 17.8. The number of nitrogens with one attached hydrogen (secondary N) is 2. The maximum absolute atomic E-state index is 5.40. The van der Waals surface area contributed by atoms with Crippen LogP contribution >= 0.6 is 12.2 Å². The molecule has 5 heteroatoms. The van der Waals surface area contributed by atoms with Gasteiger partial charge in [-0.2, -0.15) is 5.10 Å². The average molecular weight is 350 g/mol. The molecule has 1 heterocycles. The van der Waals surface area contributed by atoms with Gasteiger partial charge in [-0.1, -0.05) is 47.5 Å². The van der Waals surface area contributed by atoms with Crippen LogP contribution in [0.15, 0.2) is 54.9 Å². The standard InChI is InChI=1S/C20H22N4S/c1-14-4-7-17(8-5-14)12-24-13-18(11-21-24)22-20(25)23-19-9-6-15(2)10-16(19)3/h4-11,13H,12H2,1-3H3,(H2,22,23,25). The number of hydrogen-bond acceptors (Lipinski definition) is 2. The molecule has 3 aromatic rings. The molecule has 0 spiro atoms. The summed E-state index contributed by atoms with van der Waals surface area (Å²) < 4.78 is 1.90. The number of anilines is 2. The maximum Gasteiger partial charge on any atom is 0.175 e. The van der Waals surface area contributed by atoms with Crippen molar-refractivity contribution in [2.75, 3.05) is 10.6 Å². The molecule has 0 amide bonds. The highest BCUT2D eigenvalue weighted by Gasteiger charge is 2.04. The number of thiocarbonyl (C=S) groups is 1. The summed E-state index contributed by atoms with van der Waals surface area (Å²) >= 11 is 5.40. The first-order valence-corrected chi connectivity index (χ1v) is 8.64. The van der Waals surface area contributed by atoms with Gasteiger partial charge >= 0.3 is 0 Å². The van der Waals surface area contributed by atoms with Crippen LogP contribution in [-0.4, -0.2) is 14.9 Å². The molecule has 2 N–H and O–H groups in total. The van der Waals surface area contributed by atoms with Crippen LogP contribution in [0.2, 0.25) is 0 Å². The Morgan fingerprint density at radius 3 is 2.44 bits per heavy atom. The van der Waals surface area contributed by atoms with Gasteiger partial charge in [-0.05, 0) is 50.2 Å². The van der Waals surface area contributed by atoms with Crippen molar-refractivity contribution < 1.29 is 0 Å². The molecular weight excluding hydrogens is 328 g/mol. The Balaban J connectivity index is 1.60. The van der Waals surface area contributed by atoms with Crippen LogP contribution in [0, 0.1) is 20.8 Å². The van der Waals surface area contributed by atoms with E-state index in [2.05, 4.69) is 72.9 Å². The molecule has 25 heavy (non-hydrogen) atoms. The minimum atomic E-state index is 0.557. The molecule has 0 unspecified atom stereocenters. The molecule has 4 nitrogen and oxygen atoms in total. The van der Waals surface area contributed by atoms with Gasteiger partial charge in [-0.25, -0.2) is 0 Å². The van der Waals surface area contributed by atoms with E-state index in [1.807, 2.05) is 16.9 Å². The lowest BCUT2D eigenvalue weighted by molar-refractivity contribution is 0.687. The summed E-state index contributed by atoms with van der Waals surface area (Å²) in [6, 6.07) is 14.7. The lowest BCUT2D eigenvalue weighted by atomic mass is 10.1. The fraction of sp³-hybridized carbons (Fsp3) is 0.200. The van der Waals surface area contributed by atoms with E-state index >= 15 is 0 Å². The van der Waals surface area contributed by atoms with Crippen LogP contribution in [0.1, 0.15) is 22.3 Å². The zero-order valence-electron chi connectivity index (χ0n) is 14.7. The second-order valence-corrected chi connectivity index (χ2v) is 6.72. The van der Waals surface area contributed by atoms with Gasteiger partial charge in [-0.3, -0.25) is 4.68 Å². The van der Waals surface area contributed by atoms with Crippen molar-refractivity contribution in [1.29, 1.82) is 0 Å². The third-order valence-corrected chi connectivity index (χ3v) is 4.19. The average Bonchev–Trinajstić information content (AvgIpc) is 2.99. The highest BCUT2D eigenvalue weighted by molar-refractivity contribution is 7.80. The van der Waals surface area contributed by atoms with Crippen molar-refractivity contribution in [2.24, 2.45) is 0 Å². The van der Waals surface area contributed by atoms with E-state index in [0.29, 0.717) is 5.11 Å². The van der Waals surface area contributed by atoms with Crippen molar-refractivity contribution in [2.45, 2.75) is 27.3 Å². The van der Waals surface area contributed by atoms with E-state index in [0.717, 1.165) is 17.9 Å². The Bertz CT molecular complexity index is 881. The smallest absolute Gasteiger partial charge is 0.175 e. The topological polar surface area (TPSA) is 41.9 Å². The van der Waals surface area contributed by atoms with Crippen LogP contribution < -0.4 is 10.6 Å². The number of aryl methyl sites for hydroxylation is 3. The molecule has 1 aromatic heterocycles. The van der Waals surface area contributed by atoms with Crippen LogP contribution in [0.4, 0.5) is 11.4 Å². The second-order valence-electron chi connectivity index (χ2n) is 6.31. The van der Waals surface area contributed by atoms with Crippen molar-refractivity contribution >= 4 is 28.7 Å². The minimum absolute atomic E-state index is 0.557. The van der Waals surface area contributed by atoms with Gasteiger partial charge in [0.15, 0.2) is 5.11 Å². The Kier molecular flexibility index (Phi) is 5.14. The van der Waals surface area contributed by atoms with Gasteiger partial charge < -0.3 is 10.6 Å². The van der Waals surface area contributed by atoms with Gasteiger partial charge in [-0.15, -0.1) is 0 Å². The molecule has 0 aliphatic carbocycles. The van der Waals surface area contributed by atoms with Gasteiger partial charge in [0.05, 0.1) is 18.4 Å². The first kappa shape index (κ1) is 17.2. The van der Waals surface area contributed by atoms with Gasteiger partial charge in [0, 0.05) is 11.9 Å². The normalized spacial score (nSPS) is 10.5. The number of nitrogens with zero attached hydrogens (tertiary/aromatic N) is 2. The third kappa shape index (κ3) is 4.67. The number of hydrogen-bond donors (Lipinski definition) is 2. The van der Waals surface area contributed by atoms with Gasteiger partial charge in [0.25, 0.3) is 0 Å². The van der Waals surface area contributed by atoms with E-state index in [-0.39, 0.29) is 0 Å². The fourth-order valence-corrected chi connectivity index (χ4v) is 2.86. The molecule has 0 aliphatic rings. The number of aromatic nitrogens is 2. The van der Waals surface area contributed by atoms with Crippen LogP contribution in [0.3, 0.4) is 0 Å². The largest absolute Gasteiger partial charge is 0.332 e. The highest BCUT2D eigenvalue weighted by Crippen LogP contribution is 2.17. The molecule has 0 saturated heterocycles. The lowest BCUT2D eigenvalue weighted by Gasteiger charge is -2.11. The maximum atomic E-state index is 5.40. The zero-order valence-corrected chi connectivity index (χ0v) is 15.5. The Labute approximate surface area is 153 Å². The highest BCUT2D eigenvalue weighted by atomic mass is 32.1. The molecule has 0 aliphatic heterocycles. The van der Waals surface area contributed by atoms with Crippen LogP contribution in [0.5, 0.6) is 0 Å². The monoisotopic (exact) mass is 350 g/mol. The van der Waals surface area contributed by atoms with Crippen LogP contribution in [-0.2, 0) is 6.54 Å². The number of rotatable bonds is 4. The van der Waals surface area contributed by atoms with Gasteiger partial charge in [0.2, 0.25) is 0 Å². The molecule has 0 atom stereocenters. The summed E-state index contributed by atoms with van der Waals surface area (Å²) in [5.74, 6) is 0. The second kappa shape index (κ2) is 7.49. The van der Waals surface area contributed by atoms with Crippen LogP contribution in [0.25, 0.3) is 0 Å². The van der Waals surface area contributed by atoms with E-state index in [4.69, 9.17) is 12.2 Å². The molecule has 3 rings (SSSR count). The predicted octanol–water partition coefficient (Wildman–Crippen LogP) is 4.67. The predicted molar refractivity (Wildman–Crippen MR) is 108 cm³/mol. The fourth-order valence-electron chi connectivity index (χ4n) is 2.63. The summed E-state index contributed by atoms with van der Waals surface area (Å²) in [4.78, 5) is 0. The van der Waals surface area contributed by atoms with Crippen molar-refractivity contribution in [3.8, 4) is 0 Å².